The number of nitrogens with one attached hydrogen (secondary N) is 1. The Bertz CT molecular complexity index is 1600. The van der Waals surface area contributed by atoms with Crippen LogP contribution in [0.3, 0.4) is 0 Å². The smallest absolute Gasteiger partial charge is 0.258 e. The standard InChI is InChI=1S/C33H27N3O2/c37-32(30-14-6-4-11-26(30)21-24-9-2-1-3-10-24)34-28-18-16-25(17-19-28)33(38)36-23-29-13-8-20-35(29)22-27-12-5-7-15-31(27)36/h1-20H,21-23H2,(H,34,37). The van der Waals surface area contributed by atoms with Crippen molar-refractivity contribution in [1.29, 1.82) is 0 Å². The zero-order chi connectivity index (χ0) is 25.9. The fourth-order valence-electron chi connectivity index (χ4n) is 5.03. The van der Waals surface area contributed by atoms with Crippen molar-refractivity contribution in [3.63, 3.8) is 0 Å². The molecule has 1 N–H and O–H groups in total. The Kier molecular flexibility index (Phi) is 6.32. The molecule has 0 spiro atoms. The van der Waals surface area contributed by atoms with E-state index in [4.69, 9.17) is 0 Å². The van der Waals surface area contributed by atoms with Crippen LogP contribution in [-0.4, -0.2) is 16.4 Å². The minimum absolute atomic E-state index is 0.0711. The summed E-state index contributed by atoms with van der Waals surface area (Å²) in [6.45, 7) is 1.23. The number of aromatic nitrogens is 1. The highest BCUT2D eigenvalue weighted by molar-refractivity contribution is 6.08. The Morgan fingerprint density at radius 1 is 0.711 bits per heavy atom. The van der Waals surface area contributed by atoms with Crippen molar-refractivity contribution in [3.05, 3.63) is 155 Å². The van der Waals surface area contributed by atoms with Gasteiger partial charge in [0.05, 0.1) is 6.54 Å². The van der Waals surface area contributed by atoms with Crippen LogP contribution in [0.5, 0.6) is 0 Å². The lowest BCUT2D eigenvalue weighted by atomic mass is 9.99. The number of fused-ring (bicyclic) bond motifs is 2. The molecule has 0 aliphatic carbocycles. The summed E-state index contributed by atoms with van der Waals surface area (Å²) in [5, 5.41) is 3.00. The maximum Gasteiger partial charge on any atom is 0.258 e. The molecule has 5 nitrogen and oxygen atoms in total. The number of para-hydroxylation sites is 1. The molecule has 1 aliphatic heterocycles. The maximum absolute atomic E-state index is 13.6. The molecule has 0 radical (unpaired) electrons. The van der Waals surface area contributed by atoms with Crippen LogP contribution in [0.25, 0.3) is 0 Å². The first kappa shape index (κ1) is 23.5. The minimum Gasteiger partial charge on any atom is -0.345 e. The fourth-order valence-corrected chi connectivity index (χ4v) is 5.03. The second-order valence-corrected chi connectivity index (χ2v) is 9.50. The van der Waals surface area contributed by atoms with Crippen LogP contribution in [0.1, 0.15) is 43.1 Å². The summed E-state index contributed by atoms with van der Waals surface area (Å²) >= 11 is 0. The highest BCUT2D eigenvalue weighted by atomic mass is 16.2. The number of rotatable bonds is 5. The molecule has 0 atom stereocenters. The van der Waals surface area contributed by atoms with E-state index in [2.05, 4.69) is 40.3 Å². The predicted molar refractivity (Wildman–Crippen MR) is 151 cm³/mol. The predicted octanol–water partition coefficient (Wildman–Crippen LogP) is 6.54. The molecule has 5 heteroatoms. The summed E-state index contributed by atoms with van der Waals surface area (Å²) in [7, 11) is 0. The number of benzene rings is 4. The van der Waals surface area contributed by atoms with Crippen molar-refractivity contribution in [2.45, 2.75) is 19.5 Å². The first-order valence-corrected chi connectivity index (χ1v) is 12.7. The number of anilines is 2. The molecule has 0 unspecified atom stereocenters. The van der Waals surface area contributed by atoms with Crippen LogP contribution in [-0.2, 0) is 19.5 Å². The van der Waals surface area contributed by atoms with Gasteiger partial charge in [-0.3, -0.25) is 9.59 Å². The molecular weight excluding hydrogens is 470 g/mol. The van der Waals surface area contributed by atoms with Gasteiger partial charge in [-0.05, 0) is 71.6 Å². The van der Waals surface area contributed by atoms with E-state index in [0.29, 0.717) is 29.8 Å². The van der Waals surface area contributed by atoms with Crippen molar-refractivity contribution in [2.75, 3.05) is 10.2 Å². The highest BCUT2D eigenvalue weighted by Crippen LogP contribution is 2.29. The third-order valence-electron chi connectivity index (χ3n) is 7.00. The summed E-state index contributed by atoms with van der Waals surface area (Å²) in [4.78, 5) is 28.7. The molecule has 1 aromatic heterocycles. The molecule has 6 rings (SSSR count). The van der Waals surface area contributed by atoms with Crippen LogP contribution in [0.4, 0.5) is 11.4 Å². The average molecular weight is 498 g/mol. The number of nitrogens with zero attached hydrogens (tertiary/aromatic N) is 2. The zero-order valence-corrected chi connectivity index (χ0v) is 20.9. The van der Waals surface area contributed by atoms with Gasteiger partial charge in [0.25, 0.3) is 11.8 Å². The van der Waals surface area contributed by atoms with Crippen LogP contribution in [0.15, 0.2) is 121 Å². The third-order valence-corrected chi connectivity index (χ3v) is 7.00. The Labute approximate surface area is 222 Å². The molecule has 1 aliphatic rings. The maximum atomic E-state index is 13.6. The SMILES string of the molecule is O=C(Nc1ccc(C(=O)N2Cc3cccn3Cc3ccccc32)cc1)c1ccccc1Cc1ccccc1. The van der Waals surface area contributed by atoms with Crippen molar-refractivity contribution < 1.29 is 9.59 Å². The number of amides is 2. The third kappa shape index (κ3) is 4.74. The van der Waals surface area contributed by atoms with Crippen molar-refractivity contribution in [1.82, 2.24) is 4.57 Å². The van der Waals surface area contributed by atoms with E-state index in [0.717, 1.165) is 34.6 Å². The highest BCUT2D eigenvalue weighted by Gasteiger charge is 2.24. The van der Waals surface area contributed by atoms with Gasteiger partial charge in [0.1, 0.15) is 0 Å². The Morgan fingerprint density at radius 3 is 2.29 bits per heavy atom. The topological polar surface area (TPSA) is 54.3 Å². The zero-order valence-electron chi connectivity index (χ0n) is 20.9. The summed E-state index contributed by atoms with van der Waals surface area (Å²) in [6, 6.07) is 37.0. The van der Waals surface area contributed by atoms with Crippen molar-refractivity contribution in [2.24, 2.45) is 0 Å². The number of carbonyl (C=O) groups excluding carboxylic acids is 2. The van der Waals surface area contributed by atoms with Crippen molar-refractivity contribution >= 4 is 23.2 Å². The van der Waals surface area contributed by atoms with Crippen LogP contribution >= 0.6 is 0 Å². The van der Waals surface area contributed by atoms with Gasteiger partial charge in [-0.15, -0.1) is 0 Å². The number of hydrogen-bond donors (Lipinski definition) is 1. The quantitative estimate of drug-likeness (QED) is 0.300. The number of hydrogen-bond acceptors (Lipinski definition) is 2. The van der Waals surface area contributed by atoms with Gasteiger partial charge in [-0.2, -0.15) is 0 Å². The monoisotopic (exact) mass is 497 g/mol. The molecule has 0 saturated carbocycles. The summed E-state index contributed by atoms with van der Waals surface area (Å²) < 4.78 is 2.18. The molecule has 0 saturated heterocycles. The molecule has 2 amide bonds. The summed E-state index contributed by atoms with van der Waals surface area (Å²) in [5.74, 6) is -0.240. The largest absolute Gasteiger partial charge is 0.345 e. The van der Waals surface area contributed by atoms with E-state index in [-0.39, 0.29) is 11.8 Å². The lowest BCUT2D eigenvalue weighted by Gasteiger charge is -2.23. The van der Waals surface area contributed by atoms with E-state index < -0.39 is 0 Å². The minimum atomic E-state index is -0.169. The van der Waals surface area contributed by atoms with Crippen LogP contribution in [0.2, 0.25) is 0 Å². The second kappa shape index (κ2) is 10.2. The molecule has 186 valence electrons. The van der Waals surface area contributed by atoms with Gasteiger partial charge in [0, 0.05) is 40.9 Å². The van der Waals surface area contributed by atoms with E-state index in [1.165, 1.54) is 0 Å². The summed E-state index contributed by atoms with van der Waals surface area (Å²) in [5.41, 5.74) is 7.09. The first-order chi connectivity index (χ1) is 18.7. The molecule has 2 heterocycles. The van der Waals surface area contributed by atoms with E-state index >= 15 is 0 Å². The van der Waals surface area contributed by atoms with E-state index in [1.54, 1.807) is 24.3 Å². The molecule has 0 bridgehead atoms. The first-order valence-electron chi connectivity index (χ1n) is 12.7. The van der Waals surface area contributed by atoms with Crippen LogP contribution < -0.4 is 10.2 Å². The van der Waals surface area contributed by atoms with Gasteiger partial charge >= 0.3 is 0 Å². The van der Waals surface area contributed by atoms with Crippen LogP contribution in [0, 0.1) is 0 Å². The second-order valence-electron chi connectivity index (χ2n) is 9.50. The van der Waals surface area contributed by atoms with Gasteiger partial charge in [0.15, 0.2) is 0 Å². The lowest BCUT2D eigenvalue weighted by molar-refractivity contribution is 0.0983. The molecular formula is C33H27N3O2. The van der Waals surface area contributed by atoms with Gasteiger partial charge in [-0.1, -0.05) is 66.7 Å². The molecule has 4 aromatic carbocycles. The lowest BCUT2D eigenvalue weighted by Crippen LogP contribution is -2.30. The van der Waals surface area contributed by atoms with Crippen molar-refractivity contribution in [3.8, 4) is 0 Å². The fraction of sp³-hybridized carbons (Fsp3) is 0.0909. The average Bonchev–Trinajstić information content (AvgIpc) is 3.33. The van der Waals surface area contributed by atoms with E-state index in [9.17, 15) is 9.59 Å². The van der Waals surface area contributed by atoms with Gasteiger partial charge < -0.3 is 14.8 Å². The Hall–Kier alpha value is -4.90. The van der Waals surface area contributed by atoms with Gasteiger partial charge in [-0.25, -0.2) is 0 Å². The van der Waals surface area contributed by atoms with Gasteiger partial charge in [0.2, 0.25) is 0 Å². The summed E-state index contributed by atoms with van der Waals surface area (Å²) in [6.07, 6.45) is 2.73. The van der Waals surface area contributed by atoms with E-state index in [1.807, 2.05) is 71.6 Å². The number of carbonyl (C=O) groups is 2. The molecule has 38 heavy (non-hydrogen) atoms. The Balaban J connectivity index is 1.20. The molecule has 0 fully saturated rings. The normalized spacial score (nSPS) is 12.3. The molecule has 5 aromatic rings. The Morgan fingerprint density at radius 2 is 1.45 bits per heavy atom.